The Bertz CT molecular complexity index is 847. The Balaban J connectivity index is 1.65. The van der Waals surface area contributed by atoms with Gasteiger partial charge in [0.2, 0.25) is 0 Å². The first-order valence-electron chi connectivity index (χ1n) is 7.99. The highest BCUT2D eigenvalue weighted by molar-refractivity contribution is 5.70. The molecule has 0 aliphatic heterocycles. The normalized spacial score (nSPS) is 20.6. The summed E-state index contributed by atoms with van der Waals surface area (Å²) in [6.45, 7) is 0. The van der Waals surface area contributed by atoms with Gasteiger partial charge in [0.25, 0.3) is 0 Å². The Morgan fingerprint density at radius 1 is 1.25 bits per heavy atom. The Morgan fingerprint density at radius 2 is 2.17 bits per heavy atom. The van der Waals surface area contributed by atoms with E-state index in [0.717, 1.165) is 31.5 Å². The van der Waals surface area contributed by atoms with E-state index in [4.69, 9.17) is 4.74 Å². The average molecular weight is 326 g/mol. The smallest absolute Gasteiger partial charge is 0.188 e. The predicted octanol–water partition coefficient (Wildman–Crippen LogP) is 1.32. The van der Waals surface area contributed by atoms with E-state index < -0.39 is 0 Å². The second-order valence-electron chi connectivity index (χ2n) is 6.09. The van der Waals surface area contributed by atoms with Gasteiger partial charge >= 0.3 is 0 Å². The zero-order valence-corrected chi connectivity index (χ0v) is 13.3. The molecule has 0 unspecified atom stereocenters. The largest absolute Gasteiger partial charge is 0.495 e. The SMILES string of the molecule is COc1ccc(-n2nnc3cnc(C[C@@H]4CC[C@@H](O)C4)nc32)nc1. The lowest BCUT2D eigenvalue weighted by atomic mass is 10.0. The summed E-state index contributed by atoms with van der Waals surface area (Å²) in [6.07, 6.45) is 6.59. The van der Waals surface area contributed by atoms with Crippen LogP contribution < -0.4 is 4.74 Å². The maximum Gasteiger partial charge on any atom is 0.188 e. The molecule has 8 heteroatoms. The van der Waals surface area contributed by atoms with E-state index in [-0.39, 0.29) is 6.10 Å². The minimum atomic E-state index is -0.186. The van der Waals surface area contributed by atoms with Crippen LogP contribution in [0.3, 0.4) is 0 Å². The molecule has 1 aliphatic carbocycles. The summed E-state index contributed by atoms with van der Waals surface area (Å²) in [5, 5.41) is 17.9. The van der Waals surface area contributed by atoms with E-state index >= 15 is 0 Å². The fourth-order valence-electron chi connectivity index (χ4n) is 3.13. The molecule has 0 aromatic carbocycles. The molecule has 1 N–H and O–H groups in total. The van der Waals surface area contributed by atoms with Crippen molar-refractivity contribution in [2.75, 3.05) is 7.11 Å². The monoisotopic (exact) mass is 326 g/mol. The molecule has 0 radical (unpaired) electrons. The number of pyridine rings is 1. The number of hydrogen-bond acceptors (Lipinski definition) is 7. The molecular formula is C16H18N6O2. The van der Waals surface area contributed by atoms with E-state index in [1.807, 2.05) is 12.1 Å². The Morgan fingerprint density at radius 3 is 2.88 bits per heavy atom. The number of nitrogens with zero attached hydrogens (tertiary/aromatic N) is 6. The number of fused-ring (bicyclic) bond motifs is 1. The van der Waals surface area contributed by atoms with Crippen molar-refractivity contribution in [1.82, 2.24) is 29.9 Å². The van der Waals surface area contributed by atoms with Crippen molar-refractivity contribution in [3.8, 4) is 11.6 Å². The summed E-state index contributed by atoms with van der Waals surface area (Å²) in [5.41, 5.74) is 1.26. The summed E-state index contributed by atoms with van der Waals surface area (Å²) in [7, 11) is 1.60. The van der Waals surface area contributed by atoms with Crippen molar-refractivity contribution in [3.63, 3.8) is 0 Å². The quantitative estimate of drug-likeness (QED) is 0.772. The summed E-state index contributed by atoms with van der Waals surface area (Å²) < 4.78 is 6.72. The molecule has 124 valence electrons. The first-order valence-corrected chi connectivity index (χ1v) is 7.99. The number of aliphatic hydroxyl groups excluding tert-OH is 1. The third-order valence-electron chi connectivity index (χ3n) is 4.40. The average Bonchev–Trinajstić information content (AvgIpc) is 3.21. The zero-order chi connectivity index (χ0) is 16.5. The van der Waals surface area contributed by atoms with Crippen LogP contribution in [0.1, 0.15) is 25.1 Å². The molecule has 0 bridgehead atoms. The fraction of sp³-hybridized carbons (Fsp3) is 0.438. The molecule has 3 aromatic rings. The van der Waals surface area contributed by atoms with Crippen LogP contribution in [0.25, 0.3) is 17.0 Å². The summed E-state index contributed by atoms with van der Waals surface area (Å²) in [4.78, 5) is 13.3. The van der Waals surface area contributed by atoms with Gasteiger partial charge in [0.1, 0.15) is 11.6 Å². The lowest BCUT2D eigenvalue weighted by Gasteiger charge is -2.08. The predicted molar refractivity (Wildman–Crippen MR) is 85.9 cm³/mol. The molecule has 0 saturated heterocycles. The van der Waals surface area contributed by atoms with Gasteiger partial charge in [0.05, 0.1) is 25.6 Å². The standard InChI is InChI=1S/C16H18N6O2/c1-24-12-4-5-15(18-8-12)22-16-13(20-21-22)9-17-14(19-16)7-10-2-3-11(23)6-10/h4-5,8-11,23H,2-3,6-7H2,1H3/t10-,11-/m1/s1. The van der Waals surface area contributed by atoms with Gasteiger partial charge in [0, 0.05) is 6.42 Å². The number of ether oxygens (including phenoxy) is 1. The molecule has 2 atom stereocenters. The maximum absolute atomic E-state index is 9.67. The van der Waals surface area contributed by atoms with Crippen molar-refractivity contribution in [2.24, 2.45) is 5.92 Å². The molecule has 1 aliphatic rings. The molecule has 1 saturated carbocycles. The van der Waals surface area contributed by atoms with Gasteiger partial charge in [-0.3, -0.25) is 0 Å². The number of rotatable bonds is 4. The zero-order valence-electron chi connectivity index (χ0n) is 13.3. The van der Waals surface area contributed by atoms with Crippen molar-refractivity contribution >= 4 is 11.2 Å². The first-order chi connectivity index (χ1) is 11.7. The third kappa shape index (κ3) is 2.80. The van der Waals surface area contributed by atoms with Crippen LogP contribution in [0.2, 0.25) is 0 Å². The minimum Gasteiger partial charge on any atom is -0.495 e. The molecule has 0 amide bonds. The van der Waals surface area contributed by atoms with Crippen LogP contribution in [0, 0.1) is 5.92 Å². The van der Waals surface area contributed by atoms with Crippen molar-refractivity contribution in [2.45, 2.75) is 31.8 Å². The molecule has 4 rings (SSSR count). The third-order valence-corrected chi connectivity index (χ3v) is 4.40. The highest BCUT2D eigenvalue weighted by atomic mass is 16.5. The molecule has 3 aromatic heterocycles. The van der Waals surface area contributed by atoms with E-state index in [1.54, 1.807) is 24.2 Å². The maximum atomic E-state index is 9.67. The Kier molecular flexibility index (Phi) is 3.81. The van der Waals surface area contributed by atoms with Crippen molar-refractivity contribution in [3.05, 3.63) is 30.4 Å². The fourth-order valence-corrected chi connectivity index (χ4v) is 3.13. The van der Waals surface area contributed by atoms with Gasteiger partial charge in [0.15, 0.2) is 17.0 Å². The van der Waals surface area contributed by atoms with E-state index in [0.29, 0.717) is 28.6 Å². The molecule has 3 heterocycles. The molecule has 8 nitrogen and oxygen atoms in total. The summed E-state index contributed by atoms with van der Waals surface area (Å²) in [5.74, 6) is 2.48. The van der Waals surface area contributed by atoms with Gasteiger partial charge < -0.3 is 9.84 Å². The summed E-state index contributed by atoms with van der Waals surface area (Å²) >= 11 is 0. The van der Waals surface area contributed by atoms with Gasteiger partial charge in [-0.1, -0.05) is 5.21 Å². The van der Waals surface area contributed by atoms with E-state index in [1.165, 1.54) is 0 Å². The highest BCUT2D eigenvalue weighted by Gasteiger charge is 2.24. The lowest BCUT2D eigenvalue weighted by Crippen LogP contribution is -2.07. The van der Waals surface area contributed by atoms with Crippen LogP contribution >= 0.6 is 0 Å². The Labute approximate surface area is 138 Å². The number of hydrogen-bond donors (Lipinski definition) is 1. The van der Waals surface area contributed by atoms with Gasteiger partial charge in [-0.2, -0.15) is 4.68 Å². The molecule has 0 spiro atoms. The minimum absolute atomic E-state index is 0.186. The number of methoxy groups -OCH3 is 1. The first kappa shape index (κ1) is 14.9. The second-order valence-corrected chi connectivity index (χ2v) is 6.09. The molecule has 24 heavy (non-hydrogen) atoms. The van der Waals surface area contributed by atoms with Crippen LogP contribution in [-0.2, 0) is 6.42 Å². The van der Waals surface area contributed by atoms with E-state index in [2.05, 4.69) is 25.3 Å². The van der Waals surface area contributed by atoms with Crippen LogP contribution in [0.15, 0.2) is 24.5 Å². The Hall–Kier alpha value is -2.61. The summed E-state index contributed by atoms with van der Waals surface area (Å²) in [6, 6.07) is 3.62. The number of aromatic nitrogens is 6. The lowest BCUT2D eigenvalue weighted by molar-refractivity contribution is 0.177. The van der Waals surface area contributed by atoms with Gasteiger partial charge in [-0.05, 0) is 37.3 Å². The second kappa shape index (κ2) is 6.12. The van der Waals surface area contributed by atoms with Crippen LogP contribution in [-0.4, -0.2) is 48.3 Å². The molecule has 1 fully saturated rings. The van der Waals surface area contributed by atoms with Crippen LogP contribution in [0.4, 0.5) is 0 Å². The van der Waals surface area contributed by atoms with Crippen molar-refractivity contribution in [1.29, 1.82) is 0 Å². The van der Waals surface area contributed by atoms with Gasteiger partial charge in [-0.25, -0.2) is 15.0 Å². The van der Waals surface area contributed by atoms with E-state index in [9.17, 15) is 5.11 Å². The highest BCUT2D eigenvalue weighted by Crippen LogP contribution is 2.28. The van der Waals surface area contributed by atoms with Crippen molar-refractivity contribution < 1.29 is 9.84 Å². The topological polar surface area (TPSA) is 98.8 Å². The van der Waals surface area contributed by atoms with Crippen LogP contribution in [0.5, 0.6) is 5.75 Å². The number of aliphatic hydroxyl groups is 1. The van der Waals surface area contributed by atoms with Gasteiger partial charge in [-0.15, -0.1) is 5.10 Å². The molecular weight excluding hydrogens is 308 g/mol.